The van der Waals surface area contributed by atoms with Crippen LogP contribution in [0.15, 0.2) is 60.0 Å². The highest BCUT2D eigenvalue weighted by Gasteiger charge is 2.25. The summed E-state index contributed by atoms with van der Waals surface area (Å²) in [5.41, 5.74) is 4.19. The third-order valence-electron chi connectivity index (χ3n) is 6.67. The predicted octanol–water partition coefficient (Wildman–Crippen LogP) is 5.37. The molecule has 2 N–H and O–H groups in total. The Bertz CT molecular complexity index is 1720. The summed E-state index contributed by atoms with van der Waals surface area (Å²) in [6, 6.07) is 18.3. The molecule has 0 saturated carbocycles. The standard InChI is InChI=1S/C29H23FN6O2S/c1-17(37)38-20-8-9-21(23(30)15-20)27-22(16-31)25(18-4-6-19(7-5-18)36-12-10-32-11-13-36)26-28(24-3-2-14-39-24)34-35-29(26)33-27/h2-9,14-15,32H,10-13H2,1H3,(H,33,34,35). The number of hydrogen-bond acceptors (Lipinski definition) is 8. The Kier molecular flexibility index (Phi) is 6.52. The molecule has 1 saturated heterocycles. The fourth-order valence-electron chi connectivity index (χ4n) is 4.92. The Morgan fingerprint density at radius 2 is 1.92 bits per heavy atom. The highest BCUT2D eigenvalue weighted by atomic mass is 32.1. The van der Waals surface area contributed by atoms with E-state index in [1.54, 1.807) is 0 Å². The van der Waals surface area contributed by atoms with Crippen LogP contribution in [0.25, 0.3) is 44.0 Å². The molecule has 39 heavy (non-hydrogen) atoms. The number of nitrogens with one attached hydrogen (secondary N) is 2. The van der Waals surface area contributed by atoms with Crippen LogP contribution in [0.5, 0.6) is 5.75 Å². The highest BCUT2D eigenvalue weighted by molar-refractivity contribution is 7.13. The highest BCUT2D eigenvalue weighted by Crippen LogP contribution is 2.42. The van der Waals surface area contributed by atoms with E-state index in [1.165, 1.54) is 30.4 Å². The number of pyridine rings is 1. The number of fused-ring (bicyclic) bond motifs is 1. The Hall–Kier alpha value is -4.59. The number of hydrogen-bond donors (Lipinski definition) is 2. The molecule has 2 aromatic carbocycles. The molecule has 8 nitrogen and oxygen atoms in total. The SMILES string of the molecule is CC(=O)Oc1ccc(-c2nc3[nH]nc(-c4cccs4)c3c(-c3ccc(N4CCNCC4)cc3)c2C#N)c(F)c1. The van der Waals surface area contributed by atoms with Gasteiger partial charge in [-0.25, -0.2) is 9.37 Å². The summed E-state index contributed by atoms with van der Waals surface area (Å²) in [4.78, 5) is 19.3. The number of nitrogens with zero attached hydrogens (tertiary/aromatic N) is 4. The molecule has 1 aliphatic rings. The first-order chi connectivity index (χ1) is 19.0. The third-order valence-corrected chi connectivity index (χ3v) is 7.55. The third kappa shape index (κ3) is 4.63. The number of halogens is 1. The summed E-state index contributed by atoms with van der Waals surface area (Å²) in [5.74, 6) is -1.13. The van der Waals surface area contributed by atoms with E-state index in [2.05, 4.69) is 31.5 Å². The smallest absolute Gasteiger partial charge is 0.308 e. The van der Waals surface area contributed by atoms with Crippen LogP contribution in [0.4, 0.5) is 10.1 Å². The van der Waals surface area contributed by atoms with Gasteiger partial charge in [0.1, 0.15) is 23.3 Å². The predicted molar refractivity (Wildman–Crippen MR) is 149 cm³/mol. The summed E-state index contributed by atoms with van der Waals surface area (Å²) in [6.45, 7) is 4.93. The zero-order valence-electron chi connectivity index (χ0n) is 21.0. The second-order valence-electron chi connectivity index (χ2n) is 9.11. The first-order valence-corrected chi connectivity index (χ1v) is 13.3. The van der Waals surface area contributed by atoms with Crippen LogP contribution in [0.2, 0.25) is 0 Å². The lowest BCUT2D eigenvalue weighted by atomic mass is 9.92. The quantitative estimate of drug-likeness (QED) is 0.229. The van der Waals surface area contributed by atoms with Crippen molar-refractivity contribution in [3.05, 3.63) is 71.4 Å². The number of aromatic amines is 1. The van der Waals surface area contributed by atoms with Crippen LogP contribution in [-0.4, -0.2) is 47.3 Å². The lowest BCUT2D eigenvalue weighted by Gasteiger charge is -2.29. The van der Waals surface area contributed by atoms with Crippen molar-refractivity contribution >= 4 is 34.0 Å². The number of ether oxygens (including phenoxy) is 1. The Morgan fingerprint density at radius 1 is 1.13 bits per heavy atom. The summed E-state index contributed by atoms with van der Waals surface area (Å²) in [5, 5.41) is 24.0. The molecule has 5 aromatic rings. The molecule has 4 heterocycles. The second-order valence-corrected chi connectivity index (χ2v) is 10.1. The Morgan fingerprint density at radius 3 is 2.59 bits per heavy atom. The maximum Gasteiger partial charge on any atom is 0.308 e. The zero-order valence-corrected chi connectivity index (χ0v) is 21.8. The number of piperazine rings is 1. The Balaban J connectivity index is 1.56. The number of nitriles is 1. The molecule has 3 aromatic heterocycles. The van der Waals surface area contributed by atoms with Crippen LogP contribution in [0.1, 0.15) is 12.5 Å². The first-order valence-electron chi connectivity index (χ1n) is 12.4. The number of rotatable bonds is 5. The number of carbonyl (C=O) groups excluding carboxylic acids is 1. The molecule has 1 fully saturated rings. The van der Waals surface area contributed by atoms with Gasteiger partial charge < -0.3 is 15.0 Å². The number of aromatic nitrogens is 3. The molecule has 0 spiro atoms. The molecule has 0 aliphatic carbocycles. The van der Waals surface area contributed by atoms with E-state index >= 15 is 4.39 Å². The molecule has 10 heteroatoms. The van der Waals surface area contributed by atoms with Crippen molar-refractivity contribution in [3.63, 3.8) is 0 Å². The molecule has 194 valence electrons. The summed E-state index contributed by atoms with van der Waals surface area (Å²) >= 11 is 1.54. The van der Waals surface area contributed by atoms with E-state index in [-0.39, 0.29) is 22.6 Å². The fraction of sp³-hybridized carbons (Fsp3) is 0.172. The summed E-state index contributed by atoms with van der Waals surface area (Å²) < 4.78 is 20.4. The normalized spacial score (nSPS) is 13.4. The average Bonchev–Trinajstić information content (AvgIpc) is 3.63. The number of carbonyl (C=O) groups is 1. The molecule has 0 amide bonds. The van der Waals surface area contributed by atoms with Gasteiger partial charge in [-0.1, -0.05) is 18.2 Å². The van der Waals surface area contributed by atoms with Crippen LogP contribution < -0.4 is 15.0 Å². The summed E-state index contributed by atoms with van der Waals surface area (Å²) in [6.07, 6.45) is 0. The summed E-state index contributed by atoms with van der Waals surface area (Å²) in [7, 11) is 0. The van der Waals surface area contributed by atoms with Crippen LogP contribution in [-0.2, 0) is 4.79 Å². The van der Waals surface area contributed by atoms with Crippen molar-refractivity contribution in [2.75, 3.05) is 31.1 Å². The minimum Gasteiger partial charge on any atom is -0.427 e. The second kappa shape index (κ2) is 10.3. The number of H-pyrrole nitrogens is 1. The van der Waals surface area contributed by atoms with Crippen molar-refractivity contribution in [2.24, 2.45) is 0 Å². The van der Waals surface area contributed by atoms with Gasteiger partial charge in [0, 0.05) is 56.0 Å². The van der Waals surface area contributed by atoms with Gasteiger partial charge >= 0.3 is 5.97 Å². The van der Waals surface area contributed by atoms with Gasteiger partial charge in [-0.3, -0.25) is 9.89 Å². The topological polar surface area (TPSA) is 107 Å². The molecule has 0 unspecified atom stereocenters. The maximum absolute atomic E-state index is 15.3. The van der Waals surface area contributed by atoms with Gasteiger partial charge in [0.2, 0.25) is 0 Å². The number of benzene rings is 2. The number of anilines is 1. The maximum atomic E-state index is 15.3. The van der Waals surface area contributed by atoms with Crippen LogP contribution in [0.3, 0.4) is 0 Å². The van der Waals surface area contributed by atoms with Crippen molar-refractivity contribution in [1.29, 1.82) is 5.26 Å². The lowest BCUT2D eigenvalue weighted by Crippen LogP contribution is -2.43. The van der Waals surface area contributed by atoms with E-state index in [0.29, 0.717) is 22.3 Å². The van der Waals surface area contributed by atoms with Gasteiger partial charge in [0.15, 0.2) is 5.65 Å². The molecule has 1 aliphatic heterocycles. The number of thiophene rings is 1. The van der Waals surface area contributed by atoms with Gasteiger partial charge in [0.05, 0.1) is 21.5 Å². The monoisotopic (exact) mass is 538 g/mol. The number of esters is 1. The van der Waals surface area contributed by atoms with Crippen LogP contribution in [0, 0.1) is 17.1 Å². The first kappa shape index (κ1) is 24.7. The van der Waals surface area contributed by atoms with Crippen molar-refractivity contribution in [2.45, 2.75) is 6.92 Å². The van der Waals surface area contributed by atoms with E-state index in [0.717, 1.165) is 48.4 Å². The molecular formula is C29H23FN6O2S. The Labute approximate surface area is 227 Å². The van der Waals surface area contributed by atoms with E-state index in [4.69, 9.17) is 4.74 Å². The average molecular weight is 539 g/mol. The molecule has 0 atom stereocenters. The van der Waals surface area contributed by atoms with E-state index in [9.17, 15) is 10.1 Å². The van der Waals surface area contributed by atoms with Gasteiger partial charge in [0.25, 0.3) is 0 Å². The molecule has 0 bridgehead atoms. The van der Waals surface area contributed by atoms with E-state index in [1.807, 2.05) is 41.8 Å². The largest absolute Gasteiger partial charge is 0.427 e. The zero-order chi connectivity index (χ0) is 26.9. The minimum atomic E-state index is -0.657. The van der Waals surface area contributed by atoms with Crippen LogP contribution >= 0.6 is 11.3 Å². The minimum absolute atomic E-state index is 0.0774. The van der Waals surface area contributed by atoms with Gasteiger partial charge in [-0.2, -0.15) is 10.4 Å². The van der Waals surface area contributed by atoms with Gasteiger partial charge in [-0.05, 0) is 41.3 Å². The molecule has 6 rings (SSSR count). The van der Waals surface area contributed by atoms with Crippen molar-refractivity contribution in [3.8, 4) is 44.8 Å². The van der Waals surface area contributed by atoms with Gasteiger partial charge in [-0.15, -0.1) is 11.3 Å². The van der Waals surface area contributed by atoms with Crippen molar-refractivity contribution < 1.29 is 13.9 Å². The molecular weight excluding hydrogens is 515 g/mol. The lowest BCUT2D eigenvalue weighted by molar-refractivity contribution is -0.131. The molecule has 0 radical (unpaired) electrons. The van der Waals surface area contributed by atoms with Crippen molar-refractivity contribution in [1.82, 2.24) is 20.5 Å². The fourth-order valence-corrected chi connectivity index (χ4v) is 5.65. The van der Waals surface area contributed by atoms with E-state index < -0.39 is 11.8 Å².